The van der Waals surface area contributed by atoms with Crippen LogP contribution in [0.15, 0.2) is 30.0 Å². The summed E-state index contributed by atoms with van der Waals surface area (Å²) in [5, 5.41) is 6.35. The average Bonchev–Trinajstić information content (AvgIpc) is 2.66. The van der Waals surface area contributed by atoms with E-state index in [-0.39, 0.29) is 19.0 Å². The molecule has 0 spiro atoms. The van der Waals surface area contributed by atoms with Gasteiger partial charge in [0.1, 0.15) is 0 Å². The first kappa shape index (κ1) is 16.9. The van der Waals surface area contributed by atoms with Crippen molar-refractivity contribution in [2.24, 2.45) is 0 Å². The lowest BCUT2D eigenvalue weighted by molar-refractivity contribution is -0.143. The van der Waals surface area contributed by atoms with Crippen LogP contribution in [0.3, 0.4) is 0 Å². The van der Waals surface area contributed by atoms with Gasteiger partial charge < -0.3 is 20.1 Å². The summed E-state index contributed by atoms with van der Waals surface area (Å²) >= 11 is 0. The molecule has 2 N–H and O–H groups in total. The standard InChI is InChI=1S/C17H22N2O4/c1-4-22-16(20)9-14-12(17(21)23-5-2)10-18-15-8-11(3)6-7-13(15)19-14/h6-8,10,14,18-19H,4-5,9H2,1-3H3. The minimum atomic E-state index is -0.510. The average molecular weight is 318 g/mol. The van der Waals surface area contributed by atoms with Gasteiger partial charge in [0, 0.05) is 6.20 Å². The molecule has 1 aromatic rings. The van der Waals surface area contributed by atoms with Crippen molar-refractivity contribution in [2.75, 3.05) is 23.8 Å². The molecule has 1 aliphatic rings. The van der Waals surface area contributed by atoms with Gasteiger partial charge in [0.25, 0.3) is 0 Å². The van der Waals surface area contributed by atoms with Gasteiger partial charge in [0.15, 0.2) is 0 Å². The largest absolute Gasteiger partial charge is 0.466 e. The zero-order valence-electron chi connectivity index (χ0n) is 13.6. The lowest BCUT2D eigenvalue weighted by Gasteiger charge is -2.19. The summed E-state index contributed by atoms with van der Waals surface area (Å²) in [6.45, 7) is 6.06. The maximum Gasteiger partial charge on any atom is 0.337 e. The number of nitrogens with one attached hydrogen (secondary N) is 2. The highest BCUT2D eigenvalue weighted by Crippen LogP contribution is 2.29. The van der Waals surface area contributed by atoms with E-state index in [4.69, 9.17) is 9.47 Å². The topological polar surface area (TPSA) is 76.7 Å². The second kappa shape index (κ2) is 7.67. The van der Waals surface area contributed by atoms with Crippen LogP contribution in [0.4, 0.5) is 11.4 Å². The first-order valence-corrected chi connectivity index (χ1v) is 7.71. The Morgan fingerprint density at radius 1 is 1.13 bits per heavy atom. The number of aryl methyl sites for hydroxylation is 1. The van der Waals surface area contributed by atoms with Crippen molar-refractivity contribution in [3.63, 3.8) is 0 Å². The third-order valence-corrected chi connectivity index (χ3v) is 3.45. The van der Waals surface area contributed by atoms with Crippen LogP contribution in [-0.2, 0) is 19.1 Å². The molecule has 1 heterocycles. The van der Waals surface area contributed by atoms with Crippen molar-refractivity contribution in [1.29, 1.82) is 0 Å². The van der Waals surface area contributed by atoms with E-state index in [2.05, 4.69) is 10.6 Å². The molecule has 23 heavy (non-hydrogen) atoms. The third-order valence-electron chi connectivity index (χ3n) is 3.45. The minimum Gasteiger partial charge on any atom is -0.466 e. The lowest BCUT2D eigenvalue weighted by atomic mass is 10.0. The van der Waals surface area contributed by atoms with Crippen molar-refractivity contribution in [3.8, 4) is 0 Å². The summed E-state index contributed by atoms with van der Waals surface area (Å²) < 4.78 is 10.1. The van der Waals surface area contributed by atoms with Gasteiger partial charge in [-0.1, -0.05) is 6.07 Å². The first-order chi connectivity index (χ1) is 11.0. The Morgan fingerprint density at radius 3 is 2.57 bits per heavy atom. The number of carbonyl (C=O) groups excluding carboxylic acids is 2. The van der Waals surface area contributed by atoms with Crippen LogP contribution in [0.25, 0.3) is 0 Å². The number of fused-ring (bicyclic) bond motifs is 1. The summed E-state index contributed by atoms with van der Waals surface area (Å²) in [5.41, 5.74) is 3.13. The number of rotatable bonds is 5. The van der Waals surface area contributed by atoms with Crippen molar-refractivity contribution in [1.82, 2.24) is 0 Å². The Hall–Kier alpha value is -2.50. The molecule has 0 aromatic heterocycles. The van der Waals surface area contributed by atoms with E-state index in [9.17, 15) is 9.59 Å². The molecule has 0 aliphatic carbocycles. The summed E-state index contributed by atoms with van der Waals surface area (Å²) in [6.07, 6.45) is 1.65. The fourth-order valence-electron chi connectivity index (χ4n) is 2.39. The highest BCUT2D eigenvalue weighted by molar-refractivity contribution is 5.93. The molecule has 1 aliphatic heterocycles. The van der Waals surface area contributed by atoms with E-state index in [0.29, 0.717) is 12.2 Å². The van der Waals surface area contributed by atoms with E-state index >= 15 is 0 Å². The van der Waals surface area contributed by atoms with E-state index in [0.717, 1.165) is 16.9 Å². The number of anilines is 2. The molecule has 0 amide bonds. The van der Waals surface area contributed by atoms with Crippen LogP contribution in [-0.4, -0.2) is 31.2 Å². The number of hydrogen-bond donors (Lipinski definition) is 2. The summed E-state index contributed by atoms with van der Waals surface area (Å²) in [5.74, 6) is -0.818. The van der Waals surface area contributed by atoms with Gasteiger partial charge in [-0.05, 0) is 38.5 Å². The Kier molecular flexibility index (Phi) is 5.62. The Balaban J connectivity index is 2.30. The highest BCUT2D eigenvalue weighted by Gasteiger charge is 2.28. The monoisotopic (exact) mass is 318 g/mol. The van der Waals surface area contributed by atoms with Gasteiger partial charge in [-0.25, -0.2) is 4.79 Å². The summed E-state index contributed by atoms with van der Waals surface area (Å²) in [4.78, 5) is 24.0. The molecule has 2 rings (SSSR count). The summed E-state index contributed by atoms with van der Waals surface area (Å²) in [7, 11) is 0. The number of carbonyl (C=O) groups is 2. The van der Waals surface area contributed by atoms with E-state index in [1.54, 1.807) is 20.0 Å². The van der Waals surface area contributed by atoms with Crippen molar-refractivity contribution in [2.45, 2.75) is 33.2 Å². The van der Waals surface area contributed by atoms with Crippen molar-refractivity contribution in [3.05, 3.63) is 35.5 Å². The molecule has 0 bridgehead atoms. The molecule has 1 unspecified atom stereocenters. The van der Waals surface area contributed by atoms with Gasteiger partial charge in [0.05, 0.1) is 42.6 Å². The summed E-state index contributed by atoms with van der Waals surface area (Å²) in [6, 6.07) is 5.33. The molecule has 0 saturated carbocycles. The fraction of sp³-hybridized carbons (Fsp3) is 0.412. The predicted octanol–water partition coefficient (Wildman–Crippen LogP) is 2.60. The fourth-order valence-corrected chi connectivity index (χ4v) is 2.39. The normalized spacial score (nSPS) is 16.1. The number of benzene rings is 1. The molecule has 0 radical (unpaired) electrons. The quantitative estimate of drug-likeness (QED) is 0.813. The van der Waals surface area contributed by atoms with E-state index in [1.807, 2.05) is 25.1 Å². The van der Waals surface area contributed by atoms with Crippen molar-refractivity contribution < 1.29 is 19.1 Å². The lowest BCUT2D eigenvalue weighted by Crippen LogP contribution is -2.30. The predicted molar refractivity (Wildman–Crippen MR) is 88.2 cm³/mol. The smallest absolute Gasteiger partial charge is 0.337 e. The zero-order valence-corrected chi connectivity index (χ0v) is 13.6. The van der Waals surface area contributed by atoms with Crippen LogP contribution in [0, 0.1) is 6.92 Å². The first-order valence-electron chi connectivity index (χ1n) is 7.71. The molecular formula is C17H22N2O4. The molecule has 1 atom stereocenters. The molecule has 0 saturated heterocycles. The third kappa shape index (κ3) is 4.25. The maximum absolute atomic E-state index is 12.2. The molecule has 6 heteroatoms. The van der Waals surface area contributed by atoms with Crippen LogP contribution < -0.4 is 10.6 Å². The van der Waals surface area contributed by atoms with Gasteiger partial charge in [-0.3, -0.25) is 4.79 Å². The number of hydrogen-bond acceptors (Lipinski definition) is 6. The second-order valence-corrected chi connectivity index (χ2v) is 5.22. The van der Waals surface area contributed by atoms with Crippen molar-refractivity contribution >= 4 is 23.3 Å². The molecule has 1 aromatic carbocycles. The zero-order chi connectivity index (χ0) is 16.8. The SMILES string of the molecule is CCOC(=O)CC1Nc2ccc(C)cc2NC=C1C(=O)OCC. The van der Waals surface area contributed by atoms with Gasteiger partial charge in [-0.2, -0.15) is 0 Å². The van der Waals surface area contributed by atoms with Gasteiger partial charge in [0.2, 0.25) is 0 Å². The van der Waals surface area contributed by atoms with E-state index < -0.39 is 12.0 Å². The second-order valence-electron chi connectivity index (χ2n) is 5.22. The molecule has 0 fully saturated rings. The Morgan fingerprint density at radius 2 is 1.87 bits per heavy atom. The minimum absolute atomic E-state index is 0.0491. The van der Waals surface area contributed by atoms with Crippen LogP contribution in [0.5, 0.6) is 0 Å². The van der Waals surface area contributed by atoms with Crippen LogP contribution in [0.1, 0.15) is 25.8 Å². The molecule has 124 valence electrons. The Bertz CT molecular complexity index is 625. The highest BCUT2D eigenvalue weighted by atomic mass is 16.5. The maximum atomic E-state index is 12.2. The number of esters is 2. The van der Waals surface area contributed by atoms with Gasteiger partial charge >= 0.3 is 11.9 Å². The number of ether oxygens (including phenoxy) is 2. The van der Waals surface area contributed by atoms with E-state index in [1.165, 1.54) is 0 Å². The molecular weight excluding hydrogens is 296 g/mol. The molecule has 6 nitrogen and oxygen atoms in total. The van der Waals surface area contributed by atoms with Gasteiger partial charge in [-0.15, -0.1) is 0 Å². The Labute approximate surface area is 135 Å². The van der Waals surface area contributed by atoms with Crippen LogP contribution in [0.2, 0.25) is 0 Å². The van der Waals surface area contributed by atoms with Crippen LogP contribution >= 0.6 is 0 Å².